The number of carbonyl (C=O) groups excluding carboxylic acids is 2. The van der Waals surface area contributed by atoms with E-state index in [2.05, 4.69) is 10.6 Å². The summed E-state index contributed by atoms with van der Waals surface area (Å²) in [7, 11) is 1.80. The molecule has 1 fully saturated rings. The lowest BCUT2D eigenvalue weighted by Crippen LogP contribution is -2.45. The van der Waals surface area contributed by atoms with E-state index in [-0.39, 0.29) is 17.7 Å². The van der Waals surface area contributed by atoms with Crippen LogP contribution in [0.4, 0.5) is 5.69 Å². The monoisotopic (exact) mass is 309 g/mol. The average molecular weight is 310 g/mol. The van der Waals surface area contributed by atoms with Gasteiger partial charge in [0.05, 0.1) is 0 Å². The summed E-state index contributed by atoms with van der Waals surface area (Å²) >= 11 is 5.95. The summed E-state index contributed by atoms with van der Waals surface area (Å²) in [5.41, 5.74) is 0.771. The molecule has 1 heterocycles. The first-order valence-electron chi connectivity index (χ1n) is 7.05. The molecule has 6 heteroatoms. The number of nitrogens with one attached hydrogen (secondary N) is 2. The minimum Gasteiger partial charge on any atom is -0.344 e. The number of nitrogens with zero attached hydrogens (tertiary/aromatic N) is 1. The van der Waals surface area contributed by atoms with Crippen LogP contribution in [0, 0.1) is 5.92 Å². The van der Waals surface area contributed by atoms with Gasteiger partial charge in [-0.25, -0.2) is 0 Å². The molecule has 2 unspecified atom stereocenters. The molecule has 21 heavy (non-hydrogen) atoms. The summed E-state index contributed by atoms with van der Waals surface area (Å²) in [6.45, 7) is 3.01. The van der Waals surface area contributed by atoms with Crippen LogP contribution >= 0.6 is 11.6 Å². The summed E-state index contributed by atoms with van der Waals surface area (Å²) < 4.78 is 0. The van der Waals surface area contributed by atoms with E-state index in [0.717, 1.165) is 5.69 Å². The van der Waals surface area contributed by atoms with E-state index in [4.69, 9.17) is 11.6 Å². The highest BCUT2D eigenvalue weighted by Crippen LogP contribution is 2.24. The molecule has 0 aliphatic carbocycles. The van der Waals surface area contributed by atoms with Gasteiger partial charge in [0.1, 0.15) is 6.04 Å². The van der Waals surface area contributed by atoms with E-state index in [1.165, 1.54) is 0 Å². The Morgan fingerprint density at radius 2 is 2.29 bits per heavy atom. The first-order valence-corrected chi connectivity index (χ1v) is 7.42. The normalized spacial score (nSPS) is 19.7. The fraction of sp³-hybridized carbons (Fsp3) is 0.467. The number of benzene rings is 1. The Labute approximate surface area is 129 Å². The zero-order valence-electron chi connectivity index (χ0n) is 12.2. The predicted octanol–water partition coefficient (Wildman–Crippen LogP) is 1.42. The Morgan fingerprint density at radius 3 is 2.95 bits per heavy atom. The van der Waals surface area contributed by atoms with Crippen molar-refractivity contribution in [3.05, 3.63) is 29.3 Å². The molecule has 0 saturated carbocycles. The maximum absolute atomic E-state index is 12.4. The molecule has 1 aromatic rings. The van der Waals surface area contributed by atoms with Gasteiger partial charge >= 0.3 is 0 Å². The first kappa shape index (κ1) is 15.8. The lowest BCUT2D eigenvalue weighted by atomic mass is 10.1. The highest BCUT2D eigenvalue weighted by atomic mass is 35.5. The van der Waals surface area contributed by atoms with Crippen molar-refractivity contribution in [2.24, 2.45) is 5.92 Å². The zero-order valence-corrected chi connectivity index (χ0v) is 13.0. The fourth-order valence-corrected chi connectivity index (χ4v) is 2.61. The highest BCUT2D eigenvalue weighted by Gasteiger charge is 2.34. The van der Waals surface area contributed by atoms with E-state index in [1.807, 2.05) is 19.1 Å². The molecule has 114 valence electrons. The van der Waals surface area contributed by atoms with Gasteiger partial charge in [-0.15, -0.1) is 0 Å². The van der Waals surface area contributed by atoms with Crippen LogP contribution in [0.5, 0.6) is 0 Å². The van der Waals surface area contributed by atoms with Crippen molar-refractivity contribution in [1.82, 2.24) is 10.6 Å². The third kappa shape index (κ3) is 3.74. The van der Waals surface area contributed by atoms with Gasteiger partial charge in [0.15, 0.2) is 0 Å². The molecule has 2 amide bonds. The van der Waals surface area contributed by atoms with Crippen molar-refractivity contribution in [2.45, 2.75) is 19.4 Å². The van der Waals surface area contributed by atoms with Crippen molar-refractivity contribution in [3.8, 4) is 0 Å². The van der Waals surface area contributed by atoms with Crippen molar-refractivity contribution in [1.29, 1.82) is 0 Å². The number of anilines is 1. The molecule has 2 rings (SSSR count). The molecule has 1 saturated heterocycles. The van der Waals surface area contributed by atoms with E-state index < -0.39 is 6.04 Å². The number of halogens is 1. The van der Waals surface area contributed by atoms with Gasteiger partial charge in [-0.05, 0) is 31.7 Å². The van der Waals surface area contributed by atoms with Crippen molar-refractivity contribution >= 4 is 29.1 Å². The largest absolute Gasteiger partial charge is 0.344 e. The minimum absolute atomic E-state index is 0.0812. The second-order valence-corrected chi connectivity index (χ2v) is 5.71. The molecule has 1 aliphatic rings. The second-order valence-electron chi connectivity index (χ2n) is 5.28. The molecular formula is C15H20ClN3O2. The van der Waals surface area contributed by atoms with E-state index in [9.17, 15) is 9.59 Å². The van der Waals surface area contributed by atoms with Gasteiger partial charge in [0.2, 0.25) is 11.8 Å². The third-order valence-corrected chi connectivity index (χ3v) is 3.83. The van der Waals surface area contributed by atoms with E-state index in [0.29, 0.717) is 24.5 Å². The number of hydrogen-bond donors (Lipinski definition) is 2. The quantitative estimate of drug-likeness (QED) is 0.864. The van der Waals surface area contributed by atoms with Crippen LogP contribution in [0.3, 0.4) is 0 Å². The molecule has 1 aromatic carbocycles. The molecule has 2 N–H and O–H groups in total. The van der Waals surface area contributed by atoms with Gasteiger partial charge in [-0.1, -0.05) is 24.6 Å². The van der Waals surface area contributed by atoms with Crippen LogP contribution in [0.15, 0.2) is 24.3 Å². The Balaban J connectivity index is 2.00. The van der Waals surface area contributed by atoms with Crippen LogP contribution in [0.2, 0.25) is 5.02 Å². The lowest BCUT2D eigenvalue weighted by molar-refractivity contribution is -0.128. The molecule has 0 bridgehead atoms. The molecule has 0 spiro atoms. The third-order valence-electron chi connectivity index (χ3n) is 3.60. The van der Waals surface area contributed by atoms with Gasteiger partial charge in [0.25, 0.3) is 0 Å². The average Bonchev–Trinajstić information content (AvgIpc) is 2.80. The number of rotatable bonds is 5. The lowest BCUT2D eigenvalue weighted by Gasteiger charge is -2.18. The van der Waals surface area contributed by atoms with Crippen LogP contribution in [-0.2, 0) is 9.59 Å². The molecular weight excluding hydrogens is 290 g/mol. The summed E-state index contributed by atoms with van der Waals surface area (Å²) in [6, 6.07) is 6.73. The Kier molecular flexibility index (Phi) is 5.20. The standard InChI is InChI=1S/C15H20ClN3O2/c1-10(9-17-2)14(20)18-13-6-7-19(15(13)21)12-5-3-4-11(16)8-12/h3-5,8,10,13,17H,6-7,9H2,1-2H3,(H,18,20). The van der Waals surface area contributed by atoms with Gasteiger partial charge in [0, 0.05) is 29.7 Å². The topological polar surface area (TPSA) is 61.4 Å². The van der Waals surface area contributed by atoms with Crippen molar-refractivity contribution in [3.63, 3.8) is 0 Å². The number of amides is 2. The summed E-state index contributed by atoms with van der Waals surface area (Å²) in [4.78, 5) is 26.0. The summed E-state index contributed by atoms with van der Waals surface area (Å²) in [5, 5.41) is 6.37. The minimum atomic E-state index is -0.448. The van der Waals surface area contributed by atoms with Crippen LogP contribution in [0.25, 0.3) is 0 Å². The summed E-state index contributed by atoms with van der Waals surface area (Å²) in [6.07, 6.45) is 0.614. The Hall–Kier alpha value is -1.59. The Morgan fingerprint density at radius 1 is 1.52 bits per heavy atom. The van der Waals surface area contributed by atoms with Crippen molar-refractivity contribution < 1.29 is 9.59 Å². The molecule has 0 radical (unpaired) electrons. The van der Waals surface area contributed by atoms with Crippen LogP contribution in [-0.4, -0.2) is 38.0 Å². The van der Waals surface area contributed by atoms with Crippen LogP contribution < -0.4 is 15.5 Å². The van der Waals surface area contributed by atoms with E-state index >= 15 is 0 Å². The predicted molar refractivity (Wildman–Crippen MR) is 83.4 cm³/mol. The second kappa shape index (κ2) is 6.91. The first-order chi connectivity index (χ1) is 10.0. The Bertz CT molecular complexity index is 535. The fourth-order valence-electron chi connectivity index (χ4n) is 2.43. The zero-order chi connectivity index (χ0) is 15.4. The number of carbonyl (C=O) groups is 2. The summed E-state index contributed by atoms with van der Waals surface area (Å²) in [5.74, 6) is -0.346. The molecule has 5 nitrogen and oxygen atoms in total. The number of hydrogen-bond acceptors (Lipinski definition) is 3. The van der Waals surface area contributed by atoms with Gasteiger partial charge in [-0.2, -0.15) is 0 Å². The van der Waals surface area contributed by atoms with E-state index in [1.54, 1.807) is 24.1 Å². The molecule has 0 aromatic heterocycles. The highest BCUT2D eigenvalue weighted by molar-refractivity contribution is 6.31. The van der Waals surface area contributed by atoms with Gasteiger partial charge in [-0.3, -0.25) is 9.59 Å². The van der Waals surface area contributed by atoms with Crippen molar-refractivity contribution in [2.75, 3.05) is 25.0 Å². The smallest absolute Gasteiger partial charge is 0.249 e. The molecule has 2 atom stereocenters. The SMILES string of the molecule is CNCC(C)C(=O)NC1CCN(c2cccc(Cl)c2)C1=O. The van der Waals surface area contributed by atoms with Crippen LogP contribution in [0.1, 0.15) is 13.3 Å². The maximum Gasteiger partial charge on any atom is 0.249 e. The maximum atomic E-state index is 12.4. The molecule has 1 aliphatic heterocycles. The van der Waals surface area contributed by atoms with Gasteiger partial charge < -0.3 is 15.5 Å².